The molecule has 1 aliphatic rings. The third-order valence-corrected chi connectivity index (χ3v) is 11.4. The van der Waals surface area contributed by atoms with Gasteiger partial charge in [0.2, 0.25) is 5.78 Å². The highest BCUT2D eigenvalue weighted by Crippen LogP contribution is 2.49. The van der Waals surface area contributed by atoms with Crippen LogP contribution in [0.25, 0.3) is 77.5 Å². The highest BCUT2D eigenvalue weighted by atomic mass is 16.5. The molecule has 0 saturated carbocycles. The summed E-state index contributed by atoms with van der Waals surface area (Å²) in [5, 5.41) is 3.90. The zero-order valence-corrected chi connectivity index (χ0v) is 30.8. The molecule has 7 aromatic carbocycles. The van der Waals surface area contributed by atoms with Gasteiger partial charge in [0.15, 0.2) is 11.3 Å². The number of hydrogen-bond donors (Lipinski definition) is 0. The molecule has 9 heteroatoms. The lowest BCUT2D eigenvalue weighted by molar-refractivity contribution is 0.477. The number of imidazole rings is 2. The van der Waals surface area contributed by atoms with Crippen LogP contribution in [0.2, 0.25) is 0 Å². The first kappa shape index (κ1) is 31.2. The molecule has 0 bridgehead atoms. The maximum atomic E-state index is 7.04. The van der Waals surface area contributed by atoms with Crippen molar-refractivity contribution in [3.8, 4) is 17.3 Å². The van der Waals surface area contributed by atoms with Crippen LogP contribution in [0.3, 0.4) is 0 Å². The first-order chi connectivity index (χ1) is 28.7. The smallest absolute Gasteiger partial charge is 0.221 e. The Morgan fingerprint density at radius 3 is 2.21 bits per heavy atom. The van der Waals surface area contributed by atoms with E-state index in [2.05, 4.69) is 116 Å². The summed E-state index contributed by atoms with van der Waals surface area (Å²) >= 11 is 0. The SMILES string of the molecule is c1ccc(N2CN(c3cc(Oc4ccc5c(c4)n(-c4ccccn4)c4nc6ccccc6n54)c4oc5c(ccc6oc7ccccc7c65)c4c3)c3ccccc32)cc1. The number of hydrogen-bond acceptors (Lipinski definition) is 7. The van der Waals surface area contributed by atoms with Crippen LogP contribution in [0.4, 0.5) is 22.7 Å². The zero-order valence-electron chi connectivity index (χ0n) is 30.8. The van der Waals surface area contributed by atoms with Crippen molar-refractivity contribution < 1.29 is 13.6 Å². The average Bonchev–Trinajstić information content (AvgIpc) is 4.09. The van der Waals surface area contributed by atoms with Gasteiger partial charge < -0.3 is 23.4 Å². The number of ether oxygens (including phenoxy) is 1. The Bertz CT molecular complexity index is 3600. The monoisotopic (exact) mass is 750 g/mol. The van der Waals surface area contributed by atoms with E-state index in [0.717, 1.165) is 94.7 Å². The van der Waals surface area contributed by atoms with Crippen LogP contribution in [0.5, 0.6) is 11.5 Å². The van der Waals surface area contributed by atoms with E-state index in [1.54, 1.807) is 6.20 Å². The number of anilines is 4. The zero-order chi connectivity index (χ0) is 37.9. The summed E-state index contributed by atoms with van der Waals surface area (Å²) in [4.78, 5) is 14.5. The minimum absolute atomic E-state index is 0.603. The van der Waals surface area contributed by atoms with Crippen LogP contribution in [-0.2, 0) is 0 Å². The number of nitrogens with zero attached hydrogens (tertiary/aromatic N) is 6. The lowest BCUT2D eigenvalue weighted by atomic mass is 10.1. The summed E-state index contributed by atoms with van der Waals surface area (Å²) in [6, 6.07) is 55.9. The Morgan fingerprint density at radius 1 is 0.534 bits per heavy atom. The van der Waals surface area contributed by atoms with Crippen molar-refractivity contribution in [1.29, 1.82) is 0 Å². The third kappa shape index (κ3) is 4.40. The first-order valence-electron chi connectivity index (χ1n) is 19.3. The van der Waals surface area contributed by atoms with Gasteiger partial charge in [-0.25, -0.2) is 9.97 Å². The summed E-state index contributed by atoms with van der Waals surface area (Å²) in [7, 11) is 0. The standard InChI is InChI=1S/C49H30N6O3/c1-2-12-30(13-3-1)52-29-53(39-18-8-7-17-38(39)52)31-26-35-33-22-24-43-46(34-14-4-9-19-42(34)57-43)48(33)58-47(35)44(27-31)56-32-21-23-40-41(28-32)55(45-20-10-11-25-50-45)49-51-36-15-5-6-16-37(36)54(40)49/h1-28H,29H2. The molecule has 6 heterocycles. The number of furan rings is 2. The van der Waals surface area contributed by atoms with Gasteiger partial charge in [0, 0.05) is 45.9 Å². The Balaban J connectivity index is 1.04. The van der Waals surface area contributed by atoms with Gasteiger partial charge in [-0.15, -0.1) is 0 Å². The third-order valence-electron chi connectivity index (χ3n) is 11.4. The van der Waals surface area contributed by atoms with Crippen LogP contribution in [-0.4, -0.2) is 25.6 Å². The van der Waals surface area contributed by atoms with E-state index in [1.165, 1.54) is 0 Å². The van der Waals surface area contributed by atoms with Crippen molar-refractivity contribution >= 4 is 94.5 Å². The van der Waals surface area contributed by atoms with Gasteiger partial charge in [-0.2, -0.15) is 0 Å². The molecule has 0 amide bonds. The highest BCUT2D eigenvalue weighted by Gasteiger charge is 2.30. The predicted octanol–water partition coefficient (Wildman–Crippen LogP) is 12.7. The van der Waals surface area contributed by atoms with Gasteiger partial charge in [0.05, 0.1) is 38.8 Å². The number of benzene rings is 7. The summed E-state index contributed by atoms with van der Waals surface area (Å²) in [5.41, 5.74) is 11.2. The Hall–Kier alpha value is -8.04. The van der Waals surface area contributed by atoms with E-state index in [-0.39, 0.29) is 0 Å². The molecule has 0 aliphatic carbocycles. The van der Waals surface area contributed by atoms with Crippen molar-refractivity contribution in [1.82, 2.24) is 18.9 Å². The molecule has 12 aromatic rings. The molecule has 0 N–H and O–H groups in total. The van der Waals surface area contributed by atoms with Gasteiger partial charge >= 0.3 is 0 Å². The molecule has 0 unspecified atom stereocenters. The maximum absolute atomic E-state index is 7.04. The summed E-state index contributed by atoms with van der Waals surface area (Å²) in [6.07, 6.45) is 1.81. The second kappa shape index (κ2) is 11.7. The number of rotatable bonds is 5. The van der Waals surface area contributed by atoms with Gasteiger partial charge in [-0.1, -0.05) is 66.7 Å². The largest absolute Gasteiger partial charge is 0.456 e. The predicted molar refractivity (Wildman–Crippen MR) is 230 cm³/mol. The van der Waals surface area contributed by atoms with Crippen molar-refractivity contribution in [3.05, 3.63) is 170 Å². The summed E-state index contributed by atoms with van der Waals surface area (Å²) in [6.45, 7) is 0.623. The lowest BCUT2D eigenvalue weighted by Crippen LogP contribution is -2.23. The van der Waals surface area contributed by atoms with Crippen LogP contribution in [0.15, 0.2) is 179 Å². The van der Waals surface area contributed by atoms with Crippen LogP contribution in [0, 0.1) is 0 Å². The van der Waals surface area contributed by atoms with E-state index in [9.17, 15) is 0 Å². The molecule has 0 saturated heterocycles. The molecule has 0 fully saturated rings. The number of para-hydroxylation sites is 6. The first-order valence-corrected chi connectivity index (χ1v) is 19.3. The van der Waals surface area contributed by atoms with Crippen LogP contribution in [0.1, 0.15) is 0 Å². The molecule has 9 nitrogen and oxygen atoms in total. The molecule has 0 radical (unpaired) electrons. The molecule has 13 rings (SSSR count). The number of pyridine rings is 1. The Labute approximate surface area is 329 Å². The Kier molecular flexibility index (Phi) is 6.31. The van der Waals surface area contributed by atoms with Gasteiger partial charge in [-0.05, 0) is 84.9 Å². The van der Waals surface area contributed by atoms with Crippen molar-refractivity contribution in [2.24, 2.45) is 0 Å². The van der Waals surface area contributed by atoms with E-state index in [4.69, 9.17) is 23.5 Å². The summed E-state index contributed by atoms with van der Waals surface area (Å²) in [5.74, 6) is 2.80. The molecule has 0 spiro atoms. The Morgan fingerprint density at radius 2 is 1.33 bits per heavy atom. The summed E-state index contributed by atoms with van der Waals surface area (Å²) < 4.78 is 24.5. The van der Waals surface area contributed by atoms with E-state index < -0.39 is 0 Å². The highest BCUT2D eigenvalue weighted by molar-refractivity contribution is 6.22. The fraction of sp³-hybridized carbons (Fsp3) is 0.0204. The van der Waals surface area contributed by atoms with Gasteiger partial charge in [0.1, 0.15) is 35.0 Å². The van der Waals surface area contributed by atoms with Crippen molar-refractivity contribution in [2.75, 3.05) is 16.5 Å². The molecular formula is C49H30N6O3. The molecule has 1 aliphatic heterocycles. The molecular weight excluding hydrogens is 721 g/mol. The van der Waals surface area contributed by atoms with Gasteiger partial charge in [0.25, 0.3) is 0 Å². The minimum atomic E-state index is 0.603. The molecule has 0 atom stereocenters. The number of fused-ring (bicyclic) bond motifs is 13. The molecule has 274 valence electrons. The fourth-order valence-corrected chi connectivity index (χ4v) is 8.88. The maximum Gasteiger partial charge on any atom is 0.221 e. The topological polar surface area (TPSA) is 77.1 Å². The van der Waals surface area contributed by atoms with Crippen molar-refractivity contribution in [2.45, 2.75) is 0 Å². The van der Waals surface area contributed by atoms with Crippen LogP contribution < -0.4 is 14.5 Å². The fourth-order valence-electron chi connectivity index (χ4n) is 8.88. The van der Waals surface area contributed by atoms with Crippen molar-refractivity contribution in [3.63, 3.8) is 0 Å². The normalized spacial score (nSPS) is 13.0. The van der Waals surface area contributed by atoms with E-state index in [1.807, 2.05) is 66.7 Å². The van der Waals surface area contributed by atoms with Gasteiger partial charge in [-0.3, -0.25) is 8.97 Å². The lowest BCUT2D eigenvalue weighted by Gasteiger charge is -2.22. The molecule has 5 aromatic heterocycles. The second-order valence-electron chi connectivity index (χ2n) is 14.7. The molecule has 58 heavy (non-hydrogen) atoms. The number of aromatic nitrogens is 4. The van der Waals surface area contributed by atoms with E-state index in [0.29, 0.717) is 23.8 Å². The van der Waals surface area contributed by atoms with Crippen LogP contribution >= 0.6 is 0 Å². The van der Waals surface area contributed by atoms with E-state index >= 15 is 0 Å². The second-order valence-corrected chi connectivity index (χ2v) is 14.7. The minimum Gasteiger partial charge on any atom is -0.456 e. The average molecular weight is 751 g/mol. The quantitative estimate of drug-likeness (QED) is 0.173.